The van der Waals surface area contributed by atoms with Crippen molar-refractivity contribution >= 4 is 17.4 Å². The summed E-state index contributed by atoms with van der Waals surface area (Å²) < 4.78 is 27.4. The highest BCUT2D eigenvalue weighted by atomic mass is 19.1. The monoisotopic (exact) mass is 436 g/mol. The van der Waals surface area contributed by atoms with E-state index in [4.69, 9.17) is 0 Å². The Morgan fingerprint density at radius 1 is 0.969 bits per heavy atom. The van der Waals surface area contributed by atoms with E-state index < -0.39 is 5.82 Å². The molecule has 0 atom stereocenters. The summed E-state index contributed by atoms with van der Waals surface area (Å²) in [5, 5.41) is 0. The van der Waals surface area contributed by atoms with Crippen LogP contribution in [-0.2, 0) is 6.54 Å². The van der Waals surface area contributed by atoms with Gasteiger partial charge in [-0.3, -0.25) is 4.79 Å². The van der Waals surface area contributed by atoms with E-state index in [9.17, 15) is 13.6 Å². The Kier molecular flexibility index (Phi) is 6.46. The zero-order chi connectivity index (χ0) is 22.7. The van der Waals surface area contributed by atoms with Crippen LogP contribution in [0.4, 0.5) is 20.3 Å². The van der Waals surface area contributed by atoms with Crippen molar-refractivity contribution in [1.29, 1.82) is 0 Å². The van der Waals surface area contributed by atoms with Crippen molar-refractivity contribution in [1.82, 2.24) is 9.88 Å². The van der Waals surface area contributed by atoms with E-state index in [2.05, 4.69) is 21.8 Å². The minimum absolute atomic E-state index is 0.233. The summed E-state index contributed by atoms with van der Waals surface area (Å²) in [5.41, 5.74) is 2.31. The van der Waals surface area contributed by atoms with Crippen molar-refractivity contribution in [3.05, 3.63) is 89.1 Å². The highest BCUT2D eigenvalue weighted by molar-refractivity contribution is 6.07. The topological polar surface area (TPSA) is 39.7 Å². The number of carbonyl (C=O) groups excluding carboxylic acids is 1. The first kappa shape index (κ1) is 21.9. The van der Waals surface area contributed by atoms with E-state index >= 15 is 0 Å². The second-order valence-corrected chi connectivity index (χ2v) is 8.14. The van der Waals surface area contributed by atoms with Crippen LogP contribution in [-0.4, -0.2) is 49.0 Å². The number of amides is 1. The van der Waals surface area contributed by atoms with Crippen molar-refractivity contribution < 1.29 is 13.6 Å². The van der Waals surface area contributed by atoms with Crippen molar-refractivity contribution in [2.45, 2.75) is 13.5 Å². The summed E-state index contributed by atoms with van der Waals surface area (Å²) >= 11 is 0. The number of nitrogens with zero attached hydrogens (tertiary/aromatic N) is 4. The average Bonchev–Trinajstić information content (AvgIpc) is 2.80. The Morgan fingerprint density at radius 3 is 2.31 bits per heavy atom. The molecule has 0 bridgehead atoms. The number of hydrogen-bond donors (Lipinski definition) is 0. The van der Waals surface area contributed by atoms with Crippen LogP contribution in [0, 0.1) is 18.6 Å². The van der Waals surface area contributed by atoms with Gasteiger partial charge < -0.3 is 14.7 Å². The van der Waals surface area contributed by atoms with Gasteiger partial charge in [0.1, 0.15) is 17.5 Å². The molecular weight excluding hydrogens is 410 g/mol. The third kappa shape index (κ3) is 4.94. The Balaban J connectivity index is 1.60. The van der Waals surface area contributed by atoms with Crippen LogP contribution in [0.2, 0.25) is 0 Å². The Labute approximate surface area is 186 Å². The van der Waals surface area contributed by atoms with Crippen LogP contribution >= 0.6 is 0 Å². The van der Waals surface area contributed by atoms with Gasteiger partial charge in [0.2, 0.25) is 0 Å². The molecule has 0 spiro atoms. The summed E-state index contributed by atoms with van der Waals surface area (Å²) in [6.07, 6.45) is 1.76. The molecule has 7 heteroatoms. The molecule has 166 valence electrons. The van der Waals surface area contributed by atoms with Gasteiger partial charge in [-0.1, -0.05) is 12.1 Å². The predicted molar refractivity (Wildman–Crippen MR) is 122 cm³/mol. The van der Waals surface area contributed by atoms with Crippen molar-refractivity contribution in [3.8, 4) is 0 Å². The molecule has 1 aromatic heterocycles. The highest BCUT2D eigenvalue weighted by Gasteiger charge is 2.21. The molecule has 1 aliphatic heterocycles. The molecule has 0 N–H and O–H groups in total. The first-order chi connectivity index (χ1) is 15.4. The second kappa shape index (κ2) is 9.44. The van der Waals surface area contributed by atoms with Gasteiger partial charge in [-0.2, -0.15) is 0 Å². The van der Waals surface area contributed by atoms with E-state index in [1.54, 1.807) is 31.3 Å². The maximum atomic E-state index is 13.9. The van der Waals surface area contributed by atoms with Crippen LogP contribution in [0.25, 0.3) is 0 Å². The molecular formula is C25H26F2N4O. The van der Waals surface area contributed by atoms with E-state index in [1.165, 1.54) is 29.2 Å². The quantitative estimate of drug-likeness (QED) is 0.599. The maximum Gasteiger partial charge on any atom is 0.258 e. The molecule has 3 aromatic rings. The molecule has 0 aliphatic carbocycles. The van der Waals surface area contributed by atoms with Gasteiger partial charge in [0.15, 0.2) is 0 Å². The summed E-state index contributed by atoms with van der Waals surface area (Å²) in [4.78, 5) is 24.0. The first-order valence-electron chi connectivity index (χ1n) is 10.6. The van der Waals surface area contributed by atoms with Crippen LogP contribution in [0.15, 0.2) is 60.8 Å². The van der Waals surface area contributed by atoms with Gasteiger partial charge in [-0.15, -0.1) is 0 Å². The Morgan fingerprint density at radius 2 is 1.66 bits per heavy atom. The van der Waals surface area contributed by atoms with E-state index in [-0.39, 0.29) is 23.8 Å². The number of halogens is 2. The fourth-order valence-electron chi connectivity index (χ4n) is 3.79. The molecule has 0 saturated carbocycles. The molecule has 1 saturated heterocycles. The molecule has 5 nitrogen and oxygen atoms in total. The molecule has 2 aromatic carbocycles. The van der Waals surface area contributed by atoms with Gasteiger partial charge in [0.25, 0.3) is 5.91 Å². The fourth-order valence-corrected chi connectivity index (χ4v) is 3.79. The maximum absolute atomic E-state index is 13.9. The number of piperazine rings is 1. The van der Waals surface area contributed by atoms with Gasteiger partial charge in [-0.05, 0) is 67.6 Å². The number of rotatable bonds is 5. The number of hydrogen-bond acceptors (Lipinski definition) is 4. The summed E-state index contributed by atoms with van der Waals surface area (Å²) in [6.45, 7) is 5.81. The molecule has 0 radical (unpaired) electrons. The average molecular weight is 437 g/mol. The molecule has 0 unspecified atom stereocenters. The van der Waals surface area contributed by atoms with Gasteiger partial charge in [-0.25, -0.2) is 13.8 Å². The van der Waals surface area contributed by atoms with E-state index in [0.717, 1.165) is 37.6 Å². The normalized spacial score (nSPS) is 14.4. The lowest BCUT2D eigenvalue weighted by molar-refractivity contribution is 0.0984. The van der Waals surface area contributed by atoms with Crippen molar-refractivity contribution in [2.75, 3.05) is 43.0 Å². The van der Waals surface area contributed by atoms with Crippen LogP contribution in [0.5, 0.6) is 0 Å². The van der Waals surface area contributed by atoms with E-state index in [1.807, 2.05) is 12.1 Å². The van der Waals surface area contributed by atoms with Gasteiger partial charge >= 0.3 is 0 Å². The molecule has 32 heavy (non-hydrogen) atoms. The predicted octanol–water partition coefficient (Wildman–Crippen LogP) is 4.27. The number of anilines is 2. The third-order valence-corrected chi connectivity index (χ3v) is 5.79. The summed E-state index contributed by atoms with van der Waals surface area (Å²) in [5.74, 6) is -0.309. The number of benzene rings is 2. The Hall–Kier alpha value is -3.32. The number of aromatic nitrogens is 1. The van der Waals surface area contributed by atoms with Crippen molar-refractivity contribution in [2.24, 2.45) is 0 Å². The lowest BCUT2D eigenvalue weighted by atomic mass is 10.1. The number of likely N-dealkylation sites (N-methyl/N-ethyl adjacent to an activating group) is 1. The zero-order valence-electron chi connectivity index (χ0n) is 18.3. The zero-order valence-corrected chi connectivity index (χ0v) is 18.3. The van der Waals surface area contributed by atoms with Crippen LogP contribution in [0.3, 0.4) is 0 Å². The molecule has 4 rings (SSSR count). The standard InChI is InChI=1S/C25H26F2N4O/c1-18-3-5-21(27)15-23(18)25(32)31(22-8-6-20(26)7-9-22)17-19-4-10-24(28-16-19)30-13-11-29(2)12-14-30/h3-10,15-16H,11-14,17H2,1-2H3. The third-order valence-electron chi connectivity index (χ3n) is 5.79. The fraction of sp³-hybridized carbons (Fsp3) is 0.280. The molecule has 1 aliphatic rings. The smallest absolute Gasteiger partial charge is 0.258 e. The largest absolute Gasteiger partial charge is 0.354 e. The summed E-state index contributed by atoms with van der Waals surface area (Å²) in [7, 11) is 2.11. The van der Waals surface area contributed by atoms with Crippen molar-refractivity contribution in [3.63, 3.8) is 0 Å². The SMILES string of the molecule is Cc1ccc(F)cc1C(=O)N(Cc1ccc(N2CCN(C)CC2)nc1)c1ccc(F)cc1. The number of aryl methyl sites for hydroxylation is 1. The first-order valence-corrected chi connectivity index (χ1v) is 10.6. The minimum Gasteiger partial charge on any atom is -0.354 e. The lowest BCUT2D eigenvalue weighted by Gasteiger charge is -2.33. The summed E-state index contributed by atoms with van der Waals surface area (Å²) in [6, 6.07) is 13.8. The minimum atomic E-state index is -0.476. The van der Waals surface area contributed by atoms with Gasteiger partial charge in [0.05, 0.1) is 6.54 Å². The highest BCUT2D eigenvalue weighted by Crippen LogP contribution is 2.23. The van der Waals surface area contributed by atoms with Crippen LogP contribution in [0.1, 0.15) is 21.5 Å². The number of pyridine rings is 1. The molecule has 1 amide bonds. The molecule has 2 heterocycles. The van der Waals surface area contributed by atoms with E-state index in [0.29, 0.717) is 11.3 Å². The number of carbonyl (C=O) groups is 1. The van der Waals surface area contributed by atoms with Crippen LogP contribution < -0.4 is 9.80 Å². The lowest BCUT2D eigenvalue weighted by Crippen LogP contribution is -2.44. The Bertz CT molecular complexity index is 1080. The van der Waals surface area contributed by atoms with Gasteiger partial charge in [0, 0.05) is 43.6 Å². The molecule has 1 fully saturated rings. The second-order valence-electron chi connectivity index (χ2n) is 8.14.